The Morgan fingerprint density at radius 1 is 1.39 bits per heavy atom. The van der Waals surface area contributed by atoms with Crippen molar-refractivity contribution in [3.05, 3.63) is 16.9 Å². The van der Waals surface area contributed by atoms with E-state index in [1.807, 2.05) is 4.90 Å². The lowest BCUT2D eigenvalue weighted by molar-refractivity contribution is -0.131. The van der Waals surface area contributed by atoms with E-state index in [1.54, 1.807) is 24.4 Å². The van der Waals surface area contributed by atoms with Gasteiger partial charge in [0.15, 0.2) is 0 Å². The number of carbonyl (C=O) groups is 1. The monoisotopic (exact) mass is 314 g/mol. The zero-order chi connectivity index (χ0) is 13.0. The van der Waals surface area contributed by atoms with Crippen molar-refractivity contribution in [3.8, 4) is 0 Å². The molecule has 0 spiro atoms. The Labute approximate surface area is 114 Å². The first kappa shape index (κ1) is 13.2. The zero-order valence-electron chi connectivity index (χ0n) is 10.2. The molecule has 0 aromatic carbocycles. The fourth-order valence-corrected chi connectivity index (χ4v) is 1.99. The van der Waals surface area contributed by atoms with Gasteiger partial charge in [-0.05, 0) is 15.9 Å². The number of amides is 1. The van der Waals surface area contributed by atoms with E-state index in [9.17, 15) is 4.79 Å². The van der Waals surface area contributed by atoms with Crippen molar-refractivity contribution >= 4 is 27.8 Å². The number of aromatic nitrogens is 2. The smallest absolute Gasteiger partial charge is 0.242 e. The van der Waals surface area contributed by atoms with Crippen LogP contribution in [0.25, 0.3) is 0 Å². The molecule has 2 rings (SSSR count). The maximum Gasteiger partial charge on any atom is 0.242 e. The zero-order valence-corrected chi connectivity index (χ0v) is 11.8. The van der Waals surface area contributed by atoms with Crippen LogP contribution >= 0.6 is 15.9 Å². The van der Waals surface area contributed by atoms with Gasteiger partial charge in [0, 0.05) is 39.1 Å². The van der Waals surface area contributed by atoms with Crippen LogP contribution in [0, 0.1) is 0 Å². The molecule has 18 heavy (non-hydrogen) atoms. The molecule has 7 heteroatoms. The molecule has 1 aromatic rings. The molecule has 6 nitrogen and oxygen atoms in total. The summed E-state index contributed by atoms with van der Waals surface area (Å²) >= 11 is 3.29. The Morgan fingerprint density at radius 3 is 2.72 bits per heavy atom. The molecule has 0 saturated carbocycles. The molecule has 1 amide bonds. The van der Waals surface area contributed by atoms with Crippen LogP contribution in [0.15, 0.2) is 16.9 Å². The number of hydrogen-bond donors (Lipinski definition) is 0. The van der Waals surface area contributed by atoms with Crippen LogP contribution in [-0.2, 0) is 9.53 Å². The number of halogens is 1. The molecule has 1 aromatic heterocycles. The van der Waals surface area contributed by atoms with Gasteiger partial charge >= 0.3 is 0 Å². The quantitative estimate of drug-likeness (QED) is 0.811. The van der Waals surface area contributed by atoms with Gasteiger partial charge in [0.05, 0.1) is 17.6 Å². The average molecular weight is 315 g/mol. The number of methoxy groups -OCH3 is 1. The molecule has 1 saturated heterocycles. The van der Waals surface area contributed by atoms with Crippen molar-refractivity contribution in [2.24, 2.45) is 0 Å². The van der Waals surface area contributed by atoms with Gasteiger partial charge in [-0.1, -0.05) is 0 Å². The molecule has 98 valence electrons. The predicted molar refractivity (Wildman–Crippen MR) is 70.4 cm³/mol. The number of anilines is 1. The van der Waals surface area contributed by atoms with Gasteiger partial charge in [0.25, 0.3) is 0 Å². The van der Waals surface area contributed by atoms with Crippen molar-refractivity contribution in [1.82, 2.24) is 14.9 Å². The van der Waals surface area contributed by atoms with Crippen LogP contribution in [0.3, 0.4) is 0 Å². The predicted octanol–water partition coefficient (Wildman–Crippen LogP) is 0.534. The summed E-state index contributed by atoms with van der Waals surface area (Å²) < 4.78 is 5.81. The minimum atomic E-state index is 0.0878. The van der Waals surface area contributed by atoms with E-state index in [2.05, 4.69) is 25.9 Å². The highest BCUT2D eigenvalue weighted by atomic mass is 79.9. The molecule has 0 radical (unpaired) electrons. The van der Waals surface area contributed by atoms with Crippen molar-refractivity contribution in [2.75, 3.05) is 44.8 Å². The average Bonchev–Trinajstić information content (AvgIpc) is 2.38. The highest BCUT2D eigenvalue weighted by Crippen LogP contribution is 2.13. The molecule has 1 aliphatic rings. The first-order valence-corrected chi connectivity index (χ1v) is 6.49. The second-order valence-electron chi connectivity index (χ2n) is 4.00. The lowest BCUT2D eigenvalue weighted by atomic mass is 10.3. The number of nitrogens with zero attached hydrogens (tertiary/aromatic N) is 4. The third-order valence-corrected chi connectivity index (χ3v) is 3.18. The van der Waals surface area contributed by atoms with Gasteiger partial charge in [-0.3, -0.25) is 4.79 Å². The molecule has 2 heterocycles. The van der Waals surface area contributed by atoms with E-state index >= 15 is 0 Å². The third-order valence-electron chi connectivity index (χ3n) is 2.77. The molecule has 0 N–H and O–H groups in total. The van der Waals surface area contributed by atoms with E-state index < -0.39 is 0 Å². The summed E-state index contributed by atoms with van der Waals surface area (Å²) in [5.74, 6) is 0.683. The molecule has 0 unspecified atom stereocenters. The lowest BCUT2D eigenvalue weighted by Gasteiger charge is -2.34. The van der Waals surface area contributed by atoms with E-state index in [0.717, 1.165) is 11.0 Å². The van der Waals surface area contributed by atoms with Gasteiger partial charge in [0.2, 0.25) is 11.9 Å². The summed E-state index contributed by atoms with van der Waals surface area (Å²) in [5.41, 5.74) is 0. The topological polar surface area (TPSA) is 58.6 Å². The van der Waals surface area contributed by atoms with Crippen molar-refractivity contribution in [1.29, 1.82) is 0 Å². The van der Waals surface area contributed by atoms with Crippen molar-refractivity contribution < 1.29 is 9.53 Å². The summed E-state index contributed by atoms with van der Waals surface area (Å²) in [6.07, 6.45) is 3.37. The lowest BCUT2D eigenvalue weighted by Crippen LogP contribution is -2.51. The molecule has 0 aliphatic carbocycles. The maximum absolute atomic E-state index is 11.9. The molecule has 1 fully saturated rings. The molecule has 1 aliphatic heterocycles. The van der Waals surface area contributed by atoms with Gasteiger partial charge in [-0.15, -0.1) is 0 Å². The Hall–Kier alpha value is -1.21. The molecule has 0 atom stereocenters. The Morgan fingerprint density at radius 2 is 2.11 bits per heavy atom. The minimum Gasteiger partial charge on any atom is -0.383 e. The van der Waals surface area contributed by atoms with Crippen LogP contribution in [0.5, 0.6) is 0 Å². The van der Waals surface area contributed by atoms with Gasteiger partial charge in [-0.25, -0.2) is 9.97 Å². The van der Waals surface area contributed by atoms with E-state index in [-0.39, 0.29) is 5.91 Å². The Bertz CT molecular complexity index is 412. The van der Waals surface area contributed by atoms with Crippen LogP contribution in [-0.4, -0.2) is 60.7 Å². The summed E-state index contributed by atoms with van der Waals surface area (Å²) in [6, 6.07) is 0. The van der Waals surface area contributed by atoms with Crippen molar-refractivity contribution in [3.63, 3.8) is 0 Å². The highest BCUT2D eigenvalue weighted by molar-refractivity contribution is 9.10. The van der Waals surface area contributed by atoms with E-state index in [0.29, 0.717) is 32.2 Å². The van der Waals surface area contributed by atoms with Crippen LogP contribution < -0.4 is 4.90 Å². The number of hydrogen-bond acceptors (Lipinski definition) is 5. The fraction of sp³-hybridized carbons (Fsp3) is 0.545. The SMILES string of the molecule is COCCN1CCN(c2ncc(Br)cn2)CC1=O. The summed E-state index contributed by atoms with van der Waals surface area (Å²) in [5, 5.41) is 0. The normalized spacial score (nSPS) is 16.2. The van der Waals surface area contributed by atoms with Gasteiger partial charge in [-0.2, -0.15) is 0 Å². The second-order valence-corrected chi connectivity index (χ2v) is 4.91. The fourth-order valence-electron chi connectivity index (χ4n) is 1.79. The molecular weight excluding hydrogens is 300 g/mol. The number of rotatable bonds is 4. The number of carbonyl (C=O) groups excluding carboxylic acids is 1. The highest BCUT2D eigenvalue weighted by Gasteiger charge is 2.24. The first-order valence-electron chi connectivity index (χ1n) is 5.70. The number of piperazine rings is 1. The number of ether oxygens (including phenoxy) is 1. The van der Waals surface area contributed by atoms with Crippen LogP contribution in [0.2, 0.25) is 0 Å². The minimum absolute atomic E-state index is 0.0878. The van der Waals surface area contributed by atoms with Crippen LogP contribution in [0.4, 0.5) is 5.95 Å². The maximum atomic E-state index is 11.9. The second kappa shape index (κ2) is 6.10. The summed E-state index contributed by atoms with van der Waals surface area (Å²) in [7, 11) is 1.64. The molecule has 0 bridgehead atoms. The summed E-state index contributed by atoms with van der Waals surface area (Å²) in [6.45, 7) is 2.97. The Kier molecular flexibility index (Phi) is 4.48. The van der Waals surface area contributed by atoms with E-state index in [1.165, 1.54) is 0 Å². The van der Waals surface area contributed by atoms with Crippen LogP contribution in [0.1, 0.15) is 0 Å². The van der Waals surface area contributed by atoms with E-state index in [4.69, 9.17) is 4.74 Å². The summed E-state index contributed by atoms with van der Waals surface area (Å²) in [4.78, 5) is 24.0. The van der Waals surface area contributed by atoms with Gasteiger partial charge in [0.1, 0.15) is 0 Å². The van der Waals surface area contributed by atoms with Gasteiger partial charge < -0.3 is 14.5 Å². The third kappa shape index (κ3) is 3.17. The Balaban J connectivity index is 1.95. The standard InChI is InChI=1S/C11H15BrN4O2/c1-18-5-4-15-2-3-16(8-10(15)17)11-13-6-9(12)7-14-11/h6-7H,2-5,8H2,1H3. The largest absolute Gasteiger partial charge is 0.383 e. The van der Waals surface area contributed by atoms with Crippen molar-refractivity contribution in [2.45, 2.75) is 0 Å². The molecular formula is C11H15BrN4O2. The first-order chi connectivity index (χ1) is 8.70.